The van der Waals surface area contributed by atoms with Crippen molar-refractivity contribution in [3.05, 3.63) is 36.0 Å². The number of hydrogen-bond acceptors (Lipinski definition) is 2. The first-order valence-corrected chi connectivity index (χ1v) is 8.64. The van der Waals surface area contributed by atoms with Crippen LogP contribution in [0.3, 0.4) is 0 Å². The largest absolute Gasteiger partial charge is 0.392 e. The van der Waals surface area contributed by atoms with Crippen LogP contribution in [-0.2, 0) is 4.84 Å². The molecule has 0 aromatic carbocycles. The van der Waals surface area contributed by atoms with E-state index in [-0.39, 0.29) is 16.9 Å². The van der Waals surface area contributed by atoms with Crippen LogP contribution in [0, 0.1) is 22.7 Å². The molecule has 0 bridgehead atoms. The number of rotatable bonds is 4. The summed E-state index contributed by atoms with van der Waals surface area (Å²) in [6, 6.07) is 0. The van der Waals surface area contributed by atoms with Crippen LogP contribution in [0.4, 0.5) is 0 Å². The van der Waals surface area contributed by atoms with E-state index in [1.807, 2.05) is 0 Å². The Kier molecular flexibility index (Phi) is 5.52. The lowest BCUT2D eigenvalue weighted by molar-refractivity contribution is 0.0593. The number of nitrogens with zero attached hydrogens (tertiary/aromatic N) is 1. The zero-order valence-corrected chi connectivity index (χ0v) is 15.1. The zero-order valence-electron chi connectivity index (χ0n) is 15.1. The third-order valence-corrected chi connectivity index (χ3v) is 4.55. The van der Waals surface area contributed by atoms with Gasteiger partial charge in [0.1, 0.15) is 6.10 Å². The van der Waals surface area contributed by atoms with Gasteiger partial charge in [-0.2, -0.15) is 0 Å². The second-order valence-electron chi connectivity index (χ2n) is 7.43. The summed E-state index contributed by atoms with van der Waals surface area (Å²) in [5.74, 6) is 6.33. The second kappa shape index (κ2) is 7.21. The van der Waals surface area contributed by atoms with Crippen LogP contribution in [0.25, 0.3) is 0 Å². The molecule has 1 aliphatic heterocycles. The molecule has 2 atom stereocenters. The van der Waals surface area contributed by atoms with E-state index in [9.17, 15) is 0 Å². The molecule has 2 heteroatoms. The number of oxime groups is 1. The summed E-state index contributed by atoms with van der Waals surface area (Å²) in [5, 5.41) is 4.42. The number of allylic oxidation sites excluding steroid dienone is 6. The van der Waals surface area contributed by atoms with Gasteiger partial charge in [-0.15, -0.1) is 0 Å². The molecule has 124 valence electrons. The van der Waals surface area contributed by atoms with E-state index in [4.69, 9.17) is 4.84 Å². The van der Waals surface area contributed by atoms with Crippen molar-refractivity contribution < 1.29 is 4.84 Å². The quantitative estimate of drug-likeness (QED) is 0.501. The standard InChI is InChI=1S/C21H29NO/c1-6-8-9-17-10-13-21(5,14-11-17)19-15-18(23-22-19)16-20(3,4)12-7-2/h7,10-13,18H,6,14-16H2,1-5H3/b12-7-. The normalized spacial score (nSPS) is 27.3. The van der Waals surface area contributed by atoms with Crippen LogP contribution in [0.15, 0.2) is 41.1 Å². The molecular formula is C21H29NO. The molecule has 0 aromatic rings. The van der Waals surface area contributed by atoms with E-state index in [0.29, 0.717) is 0 Å². The molecule has 23 heavy (non-hydrogen) atoms. The van der Waals surface area contributed by atoms with E-state index < -0.39 is 0 Å². The van der Waals surface area contributed by atoms with Crippen molar-refractivity contribution in [1.82, 2.24) is 0 Å². The van der Waals surface area contributed by atoms with E-state index in [1.165, 1.54) is 0 Å². The van der Waals surface area contributed by atoms with E-state index >= 15 is 0 Å². The Hall–Kier alpha value is -1.75. The molecule has 1 heterocycles. The van der Waals surface area contributed by atoms with Gasteiger partial charge in [-0.3, -0.25) is 0 Å². The molecule has 0 aromatic heterocycles. The van der Waals surface area contributed by atoms with Gasteiger partial charge in [0.05, 0.1) is 5.71 Å². The van der Waals surface area contributed by atoms with Gasteiger partial charge in [-0.25, -0.2) is 0 Å². The predicted molar refractivity (Wildman–Crippen MR) is 98.2 cm³/mol. The van der Waals surface area contributed by atoms with E-state index in [1.54, 1.807) is 0 Å². The molecule has 2 aliphatic rings. The molecule has 0 radical (unpaired) electrons. The summed E-state index contributed by atoms with van der Waals surface area (Å²) in [4.78, 5) is 5.73. The minimum atomic E-state index is -0.0309. The van der Waals surface area contributed by atoms with Crippen molar-refractivity contribution in [2.24, 2.45) is 16.0 Å². The molecule has 2 unspecified atom stereocenters. The molecule has 0 saturated carbocycles. The van der Waals surface area contributed by atoms with Gasteiger partial charge in [-0.05, 0) is 31.3 Å². The summed E-state index contributed by atoms with van der Waals surface area (Å²) in [7, 11) is 0. The lowest BCUT2D eigenvalue weighted by Crippen LogP contribution is -2.27. The van der Waals surface area contributed by atoms with Crippen LogP contribution < -0.4 is 0 Å². The lowest BCUT2D eigenvalue weighted by Gasteiger charge is -2.27. The molecule has 0 amide bonds. The molecule has 2 nitrogen and oxygen atoms in total. The van der Waals surface area contributed by atoms with Crippen molar-refractivity contribution in [1.29, 1.82) is 0 Å². The van der Waals surface area contributed by atoms with E-state index in [2.05, 4.69) is 82.0 Å². The van der Waals surface area contributed by atoms with Gasteiger partial charge in [0.2, 0.25) is 0 Å². The Bertz CT molecular complexity index is 609. The maximum absolute atomic E-state index is 5.73. The van der Waals surface area contributed by atoms with Gasteiger partial charge < -0.3 is 4.84 Å². The minimum absolute atomic E-state index is 0.0309. The van der Waals surface area contributed by atoms with Crippen LogP contribution in [-0.4, -0.2) is 11.8 Å². The Morgan fingerprint density at radius 2 is 2.26 bits per heavy atom. The fourth-order valence-corrected chi connectivity index (χ4v) is 3.21. The fraction of sp³-hybridized carbons (Fsp3) is 0.571. The van der Waals surface area contributed by atoms with Gasteiger partial charge in [0, 0.05) is 23.8 Å². The molecule has 1 aliphatic carbocycles. The topological polar surface area (TPSA) is 21.6 Å². The van der Waals surface area contributed by atoms with Crippen molar-refractivity contribution >= 4 is 5.71 Å². The highest BCUT2D eigenvalue weighted by molar-refractivity contribution is 5.93. The Morgan fingerprint density at radius 1 is 1.48 bits per heavy atom. The lowest BCUT2D eigenvalue weighted by atomic mass is 9.75. The van der Waals surface area contributed by atoms with Crippen molar-refractivity contribution in [2.75, 3.05) is 0 Å². The van der Waals surface area contributed by atoms with Crippen LogP contribution in [0.5, 0.6) is 0 Å². The van der Waals surface area contributed by atoms with Crippen molar-refractivity contribution in [2.45, 2.75) is 66.4 Å². The molecular weight excluding hydrogens is 282 g/mol. The first-order chi connectivity index (χ1) is 10.9. The Morgan fingerprint density at radius 3 is 2.87 bits per heavy atom. The Labute approximate surface area is 141 Å². The van der Waals surface area contributed by atoms with Crippen LogP contribution >= 0.6 is 0 Å². The molecule has 0 fully saturated rings. The van der Waals surface area contributed by atoms with Gasteiger partial charge in [-0.1, -0.05) is 69.0 Å². The summed E-state index contributed by atoms with van der Waals surface area (Å²) < 4.78 is 0. The summed E-state index contributed by atoms with van der Waals surface area (Å²) >= 11 is 0. The van der Waals surface area contributed by atoms with Crippen molar-refractivity contribution in [3.8, 4) is 11.8 Å². The zero-order chi connectivity index (χ0) is 16.9. The minimum Gasteiger partial charge on any atom is -0.392 e. The monoisotopic (exact) mass is 311 g/mol. The highest BCUT2D eigenvalue weighted by atomic mass is 16.6. The first-order valence-electron chi connectivity index (χ1n) is 8.64. The van der Waals surface area contributed by atoms with Gasteiger partial charge in [0.25, 0.3) is 0 Å². The summed E-state index contributed by atoms with van der Waals surface area (Å²) in [6.45, 7) is 10.9. The highest BCUT2D eigenvalue weighted by Gasteiger charge is 2.36. The number of hydrogen-bond donors (Lipinski definition) is 0. The average molecular weight is 311 g/mol. The summed E-state index contributed by atoms with van der Waals surface area (Å²) in [6.07, 6.45) is 14.9. The molecule has 2 rings (SSSR count). The second-order valence-corrected chi connectivity index (χ2v) is 7.43. The average Bonchev–Trinajstić information content (AvgIpc) is 2.95. The van der Waals surface area contributed by atoms with E-state index in [0.717, 1.165) is 37.0 Å². The maximum atomic E-state index is 5.73. The van der Waals surface area contributed by atoms with Gasteiger partial charge >= 0.3 is 0 Å². The SMILES string of the molecule is C/C=C\C(C)(C)CC1CC(C2(C)C=CC(C#CCC)=CC2)=NO1. The first kappa shape index (κ1) is 17.6. The third kappa shape index (κ3) is 4.61. The third-order valence-electron chi connectivity index (χ3n) is 4.55. The maximum Gasteiger partial charge on any atom is 0.133 e. The van der Waals surface area contributed by atoms with Crippen molar-refractivity contribution in [3.63, 3.8) is 0 Å². The smallest absolute Gasteiger partial charge is 0.133 e. The highest BCUT2D eigenvalue weighted by Crippen LogP contribution is 2.38. The molecule has 0 spiro atoms. The molecule has 0 N–H and O–H groups in total. The van der Waals surface area contributed by atoms with Crippen LogP contribution in [0.2, 0.25) is 0 Å². The fourth-order valence-electron chi connectivity index (χ4n) is 3.21. The summed E-state index contributed by atoms with van der Waals surface area (Å²) in [5.41, 5.74) is 2.40. The van der Waals surface area contributed by atoms with Crippen LogP contribution in [0.1, 0.15) is 60.3 Å². The predicted octanol–water partition coefficient (Wildman–Crippen LogP) is 5.43. The van der Waals surface area contributed by atoms with Gasteiger partial charge in [0.15, 0.2) is 0 Å². The Balaban J connectivity index is 1.97. The molecule has 0 saturated heterocycles.